The molecular formula is C18H18N2O2. The van der Waals surface area contributed by atoms with Gasteiger partial charge < -0.3 is 5.32 Å². The Morgan fingerprint density at radius 1 is 1.00 bits per heavy atom. The first-order valence-electron chi connectivity index (χ1n) is 7.42. The van der Waals surface area contributed by atoms with Gasteiger partial charge in [0.1, 0.15) is 0 Å². The van der Waals surface area contributed by atoms with Gasteiger partial charge in [0.05, 0.1) is 6.04 Å². The number of carbonyl (C=O) groups is 2. The largest absolute Gasteiger partial charge is 0.334 e. The summed E-state index contributed by atoms with van der Waals surface area (Å²) in [5.41, 5.74) is 2.16. The number of hydrogen-bond donors (Lipinski definition) is 1. The molecule has 1 aliphatic heterocycles. The van der Waals surface area contributed by atoms with Crippen LogP contribution in [-0.2, 0) is 17.8 Å². The number of amides is 3. The number of hydrogen-bond acceptors (Lipinski definition) is 2. The summed E-state index contributed by atoms with van der Waals surface area (Å²) in [6.07, 6.45) is 1.15. The lowest BCUT2D eigenvalue weighted by Gasteiger charge is -2.38. The average molecular weight is 294 g/mol. The Morgan fingerprint density at radius 3 is 2.18 bits per heavy atom. The molecule has 0 aliphatic carbocycles. The average Bonchev–Trinajstić information content (AvgIpc) is 2.54. The molecule has 0 bridgehead atoms. The summed E-state index contributed by atoms with van der Waals surface area (Å²) in [5.74, 6) is -0.105. The number of imide groups is 1. The van der Waals surface area contributed by atoms with Crippen molar-refractivity contribution in [3.05, 3.63) is 71.8 Å². The van der Waals surface area contributed by atoms with Crippen molar-refractivity contribution in [1.82, 2.24) is 10.2 Å². The van der Waals surface area contributed by atoms with Gasteiger partial charge >= 0.3 is 6.03 Å². The van der Waals surface area contributed by atoms with Gasteiger partial charge in [0, 0.05) is 13.0 Å². The van der Waals surface area contributed by atoms with Crippen LogP contribution >= 0.6 is 0 Å². The van der Waals surface area contributed by atoms with Gasteiger partial charge in [-0.1, -0.05) is 60.7 Å². The first-order chi connectivity index (χ1) is 10.7. The minimum absolute atomic E-state index is 0.0364. The van der Waals surface area contributed by atoms with E-state index in [9.17, 15) is 9.59 Å². The molecule has 4 heteroatoms. The molecule has 0 saturated carbocycles. The number of rotatable bonds is 4. The Kier molecular flexibility index (Phi) is 4.19. The van der Waals surface area contributed by atoms with Gasteiger partial charge in [-0.05, 0) is 17.5 Å². The van der Waals surface area contributed by atoms with Gasteiger partial charge in [0.15, 0.2) is 0 Å². The van der Waals surface area contributed by atoms with Crippen molar-refractivity contribution in [3.63, 3.8) is 0 Å². The number of urea groups is 1. The van der Waals surface area contributed by atoms with E-state index in [2.05, 4.69) is 5.32 Å². The molecule has 0 aromatic heterocycles. The van der Waals surface area contributed by atoms with Crippen LogP contribution in [-0.4, -0.2) is 22.9 Å². The minimum Gasteiger partial charge on any atom is -0.334 e. The lowest BCUT2D eigenvalue weighted by atomic mass is 9.95. The van der Waals surface area contributed by atoms with Crippen molar-refractivity contribution in [2.24, 2.45) is 0 Å². The molecule has 1 N–H and O–H groups in total. The molecule has 0 spiro atoms. The maximum atomic E-state index is 12.2. The fourth-order valence-electron chi connectivity index (χ4n) is 2.67. The molecule has 2 aromatic carbocycles. The van der Waals surface area contributed by atoms with E-state index >= 15 is 0 Å². The highest BCUT2D eigenvalue weighted by Gasteiger charge is 2.40. The molecule has 4 nitrogen and oxygen atoms in total. The van der Waals surface area contributed by atoms with Crippen molar-refractivity contribution < 1.29 is 9.59 Å². The normalized spacial score (nSPS) is 17.0. The van der Waals surface area contributed by atoms with Crippen molar-refractivity contribution in [3.8, 4) is 0 Å². The molecule has 1 aliphatic rings. The van der Waals surface area contributed by atoms with Crippen LogP contribution in [0.1, 0.15) is 17.5 Å². The third-order valence-electron chi connectivity index (χ3n) is 3.86. The highest BCUT2D eigenvalue weighted by molar-refractivity contribution is 5.99. The van der Waals surface area contributed by atoms with E-state index in [0.29, 0.717) is 19.4 Å². The van der Waals surface area contributed by atoms with Gasteiger partial charge in [-0.15, -0.1) is 0 Å². The summed E-state index contributed by atoms with van der Waals surface area (Å²) in [4.78, 5) is 25.3. The highest BCUT2D eigenvalue weighted by atomic mass is 16.2. The van der Waals surface area contributed by atoms with Crippen molar-refractivity contribution in [2.45, 2.75) is 25.4 Å². The summed E-state index contributed by atoms with van der Waals surface area (Å²) in [6.45, 7) is 0.432. The third kappa shape index (κ3) is 3.17. The lowest BCUT2D eigenvalue weighted by molar-refractivity contribution is -0.140. The standard InChI is InChI=1S/C18H18N2O2/c21-17-12-16(11-14-7-3-1-4-8-14)20(17)18(22)19-13-15-9-5-2-6-10-15/h1-10,16H,11-13H2,(H,19,22)/t16-/m1/s1. The summed E-state index contributed by atoms with van der Waals surface area (Å²) in [5, 5.41) is 2.81. The van der Waals surface area contributed by atoms with Crippen LogP contribution in [0.3, 0.4) is 0 Å². The maximum Gasteiger partial charge on any atom is 0.324 e. The molecule has 1 fully saturated rings. The van der Waals surface area contributed by atoms with Gasteiger partial charge in [0.25, 0.3) is 0 Å². The lowest BCUT2D eigenvalue weighted by Crippen LogP contribution is -2.59. The number of likely N-dealkylation sites (tertiary alicyclic amines) is 1. The molecule has 1 heterocycles. The number of β-lactam (4-membered cyclic amide) rings is 1. The van der Waals surface area contributed by atoms with Crippen molar-refractivity contribution in [1.29, 1.82) is 0 Å². The second kappa shape index (κ2) is 6.43. The SMILES string of the molecule is O=C1C[C@@H](Cc2ccccc2)N1C(=O)NCc1ccccc1. The monoisotopic (exact) mass is 294 g/mol. The molecular weight excluding hydrogens is 276 g/mol. The minimum atomic E-state index is -0.305. The highest BCUT2D eigenvalue weighted by Crippen LogP contribution is 2.23. The maximum absolute atomic E-state index is 12.2. The van der Waals surface area contributed by atoms with E-state index in [1.807, 2.05) is 60.7 Å². The molecule has 112 valence electrons. The van der Waals surface area contributed by atoms with Crippen LogP contribution in [0.25, 0.3) is 0 Å². The summed E-state index contributed by atoms with van der Waals surface area (Å²) < 4.78 is 0. The van der Waals surface area contributed by atoms with Crippen molar-refractivity contribution >= 4 is 11.9 Å². The molecule has 3 rings (SSSR count). The molecule has 0 radical (unpaired) electrons. The summed E-state index contributed by atoms with van der Waals surface area (Å²) >= 11 is 0. The van der Waals surface area contributed by atoms with E-state index in [1.54, 1.807) is 0 Å². The Bertz CT molecular complexity index is 655. The van der Waals surface area contributed by atoms with E-state index < -0.39 is 0 Å². The predicted molar refractivity (Wildman–Crippen MR) is 84.1 cm³/mol. The van der Waals surface area contributed by atoms with E-state index in [0.717, 1.165) is 11.1 Å². The van der Waals surface area contributed by atoms with Crippen LogP contribution < -0.4 is 5.32 Å². The molecule has 22 heavy (non-hydrogen) atoms. The third-order valence-corrected chi connectivity index (χ3v) is 3.86. The van der Waals surface area contributed by atoms with Gasteiger partial charge in [-0.2, -0.15) is 0 Å². The first-order valence-corrected chi connectivity index (χ1v) is 7.42. The van der Waals surface area contributed by atoms with E-state index in [1.165, 1.54) is 4.90 Å². The zero-order valence-corrected chi connectivity index (χ0v) is 12.2. The second-order valence-electron chi connectivity index (χ2n) is 5.46. The quantitative estimate of drug-likeness (QED) is 0.881. The number of nitrogens with zero attached hydrogens (tertiary/aromatic N) is 1. The zero-order valence-electron chi connectivity index (χ0n) is 12.2. The Hall–Kier alpha value is -2.62. The predicted octanol–water partition coefficient (Wildman–Crippen LogP) is 2.74. The molecule has 1 saturated heterocycles. The molecule has 0 unspecified atom stereocenters. The molecule has 1 atom stereocenters. The van der Waals surface area contributed by atoms with Gasteiger partial charge in [-0.25, -0.2) is 4.79 Å². The topological polar surface area (TPSA) is 49.4 Å². The van der Waals surface area contributed by atoms with Crippen LogP contribution in [0.5, 0.6) is 0 Å². The van der Waals surface area contributed by atoms with Crippen LogP contribution in [0.4, 0.5) is 4.79 Å². The van der Waals surface area contributed by atoms with Gasteiger partial charge in [0.2, 0.25) is 5.91 Å². The Morgan fingerprint density at radius 2 is 1.59 bits per heavy atom. The number of nitrogens with one attached hydrogen (secondary N) is 1. The van der Waals surface area contributed by atoms with Gasteiger partial charge in [-0.3, -0.25) is 9.69 Å². The fourth-order valence-corrected chi connectivity index (χ4v) is 2.67. The Balaban J connectivity index is 1.57. The van der Waals surface area contributed by atoms with E-state index in [4.69, 9.17) is 0 Å². The fraction of sp³-hybridized carbons (Fsp3) is 0.222. The zero-order chi connectivity index (χ0) is 15.4. The number of benzene rings is 2. The van der Waals surface area contributed by atoms with Crippen LogP contribution in [0.2, 0.25) is 0 Å². The number of carbonyl (C=O) groups excluding carboxylic acids is 2. The molecule has 2 aromatic rings. The smallest absolute Gasteiger partial charge is 0.324 e. The summed E-state index contributed by atoms with van der Waals surface area (Å²) in [7, 11) is 0. The Labute approximate surface area is 129 Å². The van der Waals surface area contributed by atoms with Crippen molar-refractivity contribution in [2.75, 3.05) is 0 Å². The second-order valence-corrected chi connectivity index (χ2v) is 5.46. The van der Waals surface area contributed by atoms with Crippen LogP contribution in [0.15, 0.2) is 60.7 Å². The molecule has 3 amide bonds. The first kappa shape index (κ1) is 14.3. The van der Waals surface area contributed by atoms with Crippen LogP contribution in [0, 0.1) is 0 Å². The van der Waals surface area contributed by atoms with E-state index in [-0.39, 0.29) is 18.0 Å². The summed E-state index contributed by atoms with van der Waals surface area (Å²) in [6, 6.07) is 19.3.